The van der Waals surface area contributed by atoms with Crippen LogP contribution >= 0.6 is 0 Å². The smallest absolute Gasteiger partial charge is 0.241 e. The summed E-state index contributed by atoms with van der Waals surface area (Å²) in [7, 11) is 0. The quantitative estimate of drug-likeness (QED) is 0.850. The lowest BCUT2D eigenvalue weighted by Gasteiger charge is -2.36. The summed E-state index contributed by atoms with van der Waals surface area (Å²) in [6, 6.07) is 0.971. The molecule has 1 saturated heterocycles. The molecular weight excluding hydrogens is 250 g/mol. The third-order valence-corrected chi connectivity index (χ3v) is 4.73. The number of amides is 1. The molecule has 0 aromatic carbocycles. The van der Waals surface area contributed by atoms with E-state index in [4.69, 9.17) is 0 Å². The molecule has 1 N–H and O–H groups in total. The van der Waals surface area contributed by atoms with E-state index in [1.165, 1.54) is 31.4 Å². The molecule has 3 rings (SSSR count). The highest BCUT2D eigenvalue weighted by atomic mass is 16.2. The molecule has 3 aliphatic rings. The molecule has 0 radical (unpaired) electrons. The number of carbonyl (C=O) groups excluding carboxylic acids is 1. The Labute approximate surface area is 122 Å². The molecule has 1 atom stereocenters. The van der Waals surface area contributed by atoms with Gasteiger partial charge in [0.2, 0.25) is 5.91 Å². The lowest BCUT2D eigenvalue weighted by molar-refractivity contribution is -0.131. The van der Waals surface area contributed by atoms with Gasteiger partial charge < -0.3 is 10.2 Å². The fourth-order valence-corrected chi connectivity index (χ4v) is 3.34. The molecule has 1 heterocycles. The summed E-state index contributed by atoms with van der Waals surface area (Å²) in [5.74, 6) is 0.328. The largest absolute Gasteiger partial charge is 0.314 e. The standard InChI is InChI=1S/C16H27N3O/c1-13-11-17-9-10-18(13)12-16(20)19(15-7-8-15)14-5-3-2-4-6-14/h5,13,15,17H,2-4,6-12H2,1H3. The van der Waals surface area contributed by atoms with Crippen molar-refractivity contribution < 1.29 is 4.79 Å². The maximum absolute atomic E-state index is 12.8. The Balaban J connectivity index is 1.64. The van der Waals surface area contributed by atoms with Crippen LogP contribution in [-0.2, 0) is 4.79 Å². The maximum Gasteiger partial charge on any atom is 0.241 e. The van der Waals surface area contributed by atoms with E-state index >= 15 is 0 Å². The molecule has 2 aliphatic carbocycles. The maximum atomic E-state index is 12.8. The second-order valence-corrected chi connectivity index (χ2v) is 6.46. The number of carbonyl (C=O) groups is 1. The second kappa shape index (κ2) is 6.27. The van der Waals surface area contributed by atoms with Crippen LogP contribution < -0.4 is 5.32 Å². The van der Waals surface area contributed by atoms with Crippen molar-refractivity contribution in [2.24, 2.45) is 0 Å². The minimum Gasteiger partial charge on any atom is -0.314 e. The van der Waals surface area contributed by atoms with Gasteiger partial charge in [0.05, 0.1) is 6.54 Å². The van der Waals surface area contributed by atoms with Crippen molar-refractivity contribution in [3.8, 4) is 0 Å². The zero-order valence-corrected chi connectivity index (χ0v) is 12.6. The van der Waals surface area contributed by atoms with Crippen molar-refractivity contribution in [2.45, 2.75) is 57.5 Å². The molecule has 0 aromatic rings. The molecule has 2 fully saturated rings. The monoisotopic (exact) mass is 277 g/mol. The van der Waals surface area contributed by atoms with Crippen molar-refractivity contribution >= 4 is 5.91 Å². The summed E-state index contributed by atoms with van der Waals surface area (Å²) in [5, 5.41) is 3.39. The molecule has 0 aromatic heterocycles. The number of nitrogens with zero attached hydrogens (tertiary/aromatic N) is 2. The number of hydrogen-bond donors (Lipinski definition) is 1. The van der Waals surface area contributed by atoms with Gasteiger partial charge in [-0.2, -0.15) is 0 Å². The summed E-state index contributed by atoms with van der Waals surface area (Å²) >= 11 is 0. The van der Waals surface area contributed by atoms with E-state index in [1.54, 1.807) is 0 Å². The third-order valence-electron chi connectivity index (χ3n) is 4.73. The number of allylic oxidation sites excluding steroid dienone is 2. The van der Waals surface area contributed by atoms with E-state index in [0.717, 1.165) is 32.5 Å². The molecule has 1 amide bonds. The Hall–Kier alpha value is -0.870. The van der Waals surface area contributed by atoms with Gasteiger partial charge in [0.1, 0.15) is 0 Å². The molecule has 1 saturated carbocycles. The minimum atomic E-state index is 0.328. The van der Waals surface area contributed by atoms with Gasteiger partial charge in [0.25, 0.3) is 0 Å². The minimum absolute atomic E-state index is 0.328. The van der Waals surface area contributed by atoms with Gasteiger partial charge in [-0.25, -0.2) is 0 Å². The topological polar surface area (TPSA) is 35.6 Å². The zero-order valence-electron chi connectivity index (χ0n) is 12.6. The molecule has 1 aliphatic heterocycles. The van der Waals surface area contributed by atoms with Gasteiger partial charge in [0.15, 0.2) is 0 Å². The molecule has 0 bridgehead atoms. The second-order valence-electron chi connectivity index (χ2n) is 6.46. The summed E-state index contributed by atoms with van der Waals surface area (Å²) in [6.07, 6.45) is 9.47. The molecular formula is C16H27N3O. The molecule has 20 heavy (non-hydrogen) atoms. The first-order valence-corrected chi connectivity index (χ1v) is 8.21. The Morgan fingerprint density at radius 1 is 1.45 bits per heavy atom. The molecule has 0 spiro atoms. The molecule has 4 nitrogen and oxygen atoms in total. The SMILES string of the molecule is CC1CNCCN1CC(=O)N(C1=CCCCC1)C1CC1. The number of rotatable bonds is 4. The third kappa shape index (κ3) is 3.23. The fourth-order valence-electron chi connectivity index (χ4n) is 3.34. The molecule has 112 valence electrons. The predicted molar refractivity (Wildman–Crippen MR) is 80.3 cm³/mol. The van der Waals surface area contributed by atoms with Gasteiger partial charge in [-0.3, -0.25) is 9.69 Å². The van der Waals surface area contributed by atoms with Gasteiger partial charge in [-0.05, 0) is 45.4 Å². The Morgan fingerprint density at radius 2 is 2.30 bits per heavy atom. The zero-order chi connectivity index (χ0) is 13.9. The first kappa shape index (κ1) is 14.1. The van der Waals surface area contributed by atoms with Gasteiger partial charge in [-0.15, -0.1) is 0 Å². The van der Waals surface area contributed by atoms with Crippen LogP contribution in [-0.4, -0.2) is 54.0 Å². The lowest BCUT2D eigenvalue weighted by atomic mass is 10.0. The normalized spacial score (nSPS) is 28.1. The average molecular weight is 277 g/mol. The Kier molecular flexibility index (Phi) is 4.41. The van der Waals surface area contributed by atoms with E-state index in [-0.39, 0.29) is 0 Å². The van der Waals surface area contributed by atoms with Crippen molar-refractivity contribution in [1.29, 1.82) is 0 Å². The van der Waals surface area contributed by atoms with Crippen LogP contribution in [0.5, 0.6) is 0 Å². The summed E-state index contributed by atoms with van der Waals surface area (Å²) in [6.45, 7) is 5.80. The average Bonchev–Trinajstić information content (AvgIpc) is 3.28. The van der Waals surface area contributed by atoms with Crippen LogP contribution in [0.4, 0.5) is 0 Å². The summed E-state index contributed by atoms with van der Waals surface area (Å²) in [5.41, 5.74) is 1.31. The van der Waals surface area contributed by atoms with Crippen molar-refractivity contribution in [1.82, 2.24) is 15.1 Å². The fraction of sp³-hybridized carbons (Fsp3) is 0.812. The van der Waals surface area contributed by atoms with Crippen LogP contribution in [0, 0.1) is 0 Å². The molecule has 4 heteroatoms. The summed E-state index contributed by atoms with van der Waals surface area (Å²) in [4.78, 5) is 17.2. The first-order chi connectivity index (χ1) is 9.75. The highest BCUT2D eigenvalue weighted by Gasteiger charge is 2.36. The van der Waals surface area contributed by atoms with Gasteiger partial charge >= 0.3 is 0 Å². The van der Waals surface area contributed by atoms with Crippen molar-refractivity contribution in [3.05, 3.63) is 11.8 Å². The Morgan fingerprint density at radius 3 is 2.95 bits per heavy atom. The van der Waals surface area contributed by atoms with Crippen molar-refractivity contribution in [3.63, 3.8) is 0 Å². The predicted octanol–water partition coefficient (Wildman–Crippen LogP) is 1.73. The van der Waals surface area contributed by atoms with Crippen LogP contribution in [0.3, 0.4) is 0 Å². The van der Waals surface area contributed by atoms with Crippen LogP contribution in [0.25, 0.3) is 0 Å². The van der Waals surface area contributed by atoms with Crippen LogP contribution in [0.2, 0.25) is 0 Å². The Bertz CT molecular complexity index is 389. The van der Waals surface area contributed by atoms with Crippen LogP contribution in [0.15, 0.2) is 11.8 Å². The first-order valence-electron chi connectivity index (χ1n) is 8.21. The number of hydrogen-bond acceptors (Lipinski definition) is 3. The van der Waals surface area contributed by atoms with Crippen LogP contribution in [0.1, 0.15) is 45.4 Å². The number of piperazine rings is 1. The molecule has 1 unspecified atom stereocenters. The van der Waals surface area contributed by atoms with E-state index in [1.807, 2.05) is 0 Å². The van der Waals surface area contributed by atoms with E-state index < -0.39 is 0 Å². The highest BCUT2D eigenvalue weighted by molar-refractivity contribution is 5.81. The number of nitrogens with one attached hydrogen (secondary N) is 1. The van der Waals surface area contributed by atoms with Gasteiger partial charge in [-0.1, -0.05) is 6.08 Å². The highest BCUT2D eigenvalue weighted by Crippen LogP contribution is 2.33. The van der Waals surface area contributed by atoms with E-state index in [0.29, 0.717) is 24.5 Å². The van der Waals surface area contributed by atoms with Crippen molar-refractivity contribution in [2.75, 3.05) is 26.2 Å². The lowest BCUT2D eigenvalue weighted by Crippen LogP contribution is -2.53. The van der Waals surface area contributed by atoms with E-state index in [2.05, 4.69) is 28.1 Å². The van der Waals surface area contributed by atoms with Gasteiger partial charge in [0, 0.05) is 37.4 Å². The summed E-state index contributed by atoms with van der Waals surface area (Å²) < 4.78 is 0. The van der Waals surface area contributed by atoms with E-state index in [9.17, 15) is 4.79 Å².